The Balaban J connectivity index is 2.37. The van der Waals surface area contributed by atoms with Crippen LogP contribution >= 0.6 is 0 Å². The van der Waals surface area contributed by atoms with E-state index in [1.807, 2.05) is 0 Å². The zero-order valence-electron chi connectivity index (χ0n) is 17.3. The van der Waals surface area contributed by atoms with Crippen molar-refractivity contribution in [1.82, 2.24) is 0 Å². The van der Waals surface area contributed by atoms with E-state index in [0.717, 1.165) is 7.11 Å². The number of nitrogens with one attached hydrogen (secondary N) is 1. The molecule has 0 radical (unpaired) electrons. The Morgan fingerprint density at radius 3 is 2.39 bits per heavy atom. The van der Waals surface area contributed by atoms with Crippen LogP contribution in [0.1, 0.15) is 25.8 Å². The number of esters is 4. The van der Waals surface area contributed by atoms with Crippen LogP contribution in [0.15, 0.2) is 47.0 Å². The summed E-state index contributed by atoms with van der Waals surface area (Å²) in [6.45, 7) is 3.26. The molecule has 1 spiro atoms. The van der Waals surface area contributed by atoms with E-state index in [2.05, 4.69) is 5.32 Å². The maximum absolute atomic E-state index is 13.4. The molecule has 1 aromatic carbocycles. The van der Waals surface area contributed by atoms with E-state index in [9.17, 15) is 19.2 Å². The van der Waals surface area contributed by atoms with Gasteiger partial charge in [0.1, 0.15) is 29.1 Å². The Morgan fingerprint density at radius 2 is 1.74 bits per heavy atom. The van der Waals surface area contributed by atoms with Crippen molar-refractivity contribution in [3.63, 3.8) is 0 Å². The molecule has 0 bridgehead atoms. The van der Waals surface area contributed by atoms with Crippen LogP contribution < -0.4 is 11.1 Å². The van der Waals surface area contributed by atoms with Gasteiger partial charge in [-0.15, -0.1) is 0 Å². The Labute approximate surface area is 178 Å². The van der Waals surface area contributed by atoms with Gasteiger partial charge in [-0.05, 0) is 19.9 Å². The first-order valence-electron chi connectivity index (χ1n) is 9.56. The molecule has 10 nitrogen and oxygen atoms in total. The lowest BCUT2D eigenvalue weighted by Crippen LogP contribution is -2.47. The van der Waals surface area contributed by atoms with Gasteiger partial charge in [-0.25, -0.2) is 14.4 Å². The summed E-state index contributed by atoms with van der Waals surface area (Å²) in [5.74, 6) is -4.04. The first-order valence-corrected chi connectivity index (χ1v) is 9.56. The first kappa shape index (κ1) is 21.9. The molecule has 0 saturated heterocycles. The number of methoxy groups -OCH3 is 1. The SMILES string of the molecule is CCOC(=O)CC1=C(C(=O)OCC)[C@@]2(C(=O)O1)C(C(=O)OC)=C(N)Nc1ccccc12. The van der Waals surface area contributed by atoms with Crippen molar-refractivity contribution in [3.05, 3.63) is 52.6 Å². The second-order valence-corrected chi connectivity index (χ2v) is 6.59. The van der Waals surface area contributed by atoms with Gasteiger partial charge in [-0.3, -0.25) is 4.79 Å². The number of carbonyl (C=O) groups is 4. The topological polar surface area (TPSA) is 143 Å². The molecule has 164 valence electrons. The van der Waals surface area contributed by atoms with Crippen molar-refractivity contribution in [2.75, 3.05) is 25.6 Å². The molecule has 2 aliphatic rings. The van der Waals surface area contributed by atoms with Crippen LogP contribution in [0.4, 0.5) is 5.69 Å². The van der Waals surface area contributed by atoms with E-state index >= 15 is 0 Å². The highest BCUT2D eigenvalue weighted by Crippen LogP contribution is 2.53. The zero-order chi connectivity index (χ0) is 22.8. The number of cyclic esters (lactones) is 1. The summed E-state index contributed by atoms with van der Waals surface area (Å²) in [5, 5.41) is 2.85. The minimum Gasteiger partial charge on any atom is -0.466 e. The lowest BCUT2D eigenvalue weighted by molar-refractivity contribution is -0.147. The summed E-state index contributed by atoms with van der Waals surface area (Å²) in [4.78, 5) is 51.4. The third-order valence-corrected chi connectivity index (χ3v) is 4.90. The molecule has 31 heavy (non-hydrogen) atoms. The molecule has 0 amide bonds. The second kappa shape index (κ2) is 8.50. The highest BCUT2D eigenvalue weighted by molar-refractivity contribution is 6.16. The van der Waals surface area contributed by atoms with E-state index in [-0.39, 0.29) is 41.5 Å². The lowest BCUT2D eigenvalue weighted by atomic mass is 9.66. The smallest absolute Gasteiger partial charge is 0.339 e. The molecule has 0 fully saturated rings. The van der Waals surface area contributed by atoms with E-state index in [4.69, 9.17) is 24.7 Å². The van der Waals surface area contributed by atoms with Gasteiger partial charge in [0.25, 0.3) is 0 Å². The average molecular weight is 430 g/mol. The summed E-state index contributed by atoms with van der Waals surface area (Å²) in [6, 6.07) is 6.48. The van der Waals surface area contributed by atoms with E-state index in [0.29, 0.717) is 5.69 Å². The van der Waals surface area contributed by atoms with Gasteiger partial charge >= 0.3 is 23.9 Å². The second-order valence-electron chi connectivity index (χ2n) is 6.59. The predicted octanol–water partition coefficient (Wildman–Crippen LogP) is 1.02. The molecular weight excluding hydrogens is 408 g/mol. The van der Waals surface area contributed by atoms with Crippen LogP contribution in [0.5, 0.6) is 0 Å². The summed E-state index contributed by atoms with van der Waals surface area (Å²) >= 11 is 0. The first-order chi connectivity index (χ1) is 14.8. The van der Waals surface area contributed by atoms with Crippen LogP contribution in [0.3, 0.4) is 0 Å². The minimum atomic E-state index is -2.08. The maximum Gasteiger partial charge on any atom is 0.339 e. The summed E-state index contributed by atoms with van der Waals surface area (Å²) < 4.78 is 20.4. The van der Waals surface area contributed by atoms with Gasteiger partial charge in [0.15, 0.2) is 5.41 Å². The quantitative estimate of drug-likeness (QED) is 0.496. The zero-order valence-corrected chi connectivity index (χ0v) is 17.3. The summed E-state index contributed by atoms with van der Waals surface area (Å²) in [7, 11) is 1.12. The number of hydrogen-bond donors (Lipinski definition) is 2. The van der Waals surface area contributed by atoms with Gasteiger partial charge in [0, 0.05) is 11.3 Å². The van der Waals surface area contributed by atoms with Crippen molar-refractivity contribution >= 4 is 29.6 Å². The normalized spacial score (nSPS) is 19.5. The minimum absolute atomic E-state index is 0.0219. The van der Waals surface area contributed by atoms with Crippen molar-refractivity contribution < 1.29 is 38.1 Å². The van der Waals surface area contributed by atoms with Gasteiger partial charge in [0.2, 0.25) is 0 Å². The van der Waals surface area contributed by atoms with Crippen LogP contribution in [0.25, 0.3) is 0 Å². The molecule has 0 aliphatic carbocycles. The molecular formula is C21H22N2O8. The monoisotopic (exact) mass is 430 g/mol. The van der Waals surface area contributed by atoms with E-state index in [1.54, 1.807) is 38.1 Å². The van der Waals surface area contributed by atoms with Crippen LogP contribution in [-0.4, -0.2) is 44.2 Å². The fraction of sp³-hybridized carbons (Fsp3) is 0.333. The van der Waals surface area contributed by atoms with Crippen molar-refractivity contribution in [3.8, 4) is 0 Å². The Hall–Kier alpha value is -3.82. The lowest BCUT2D eigenvalue weighted by Gasteiger charge is -2.35. The van der Waals surface area contributed by atoms with Gasteiger partial charge < -0.3 is 30.0 Å². The van der Waals surface area contributed by atoms with Gasteiger partial charge in [-0.2, -0.15) is 0 Å². The Bertz CT molecular complexity index is 1030. The standard InChI is InChI=1S/C21H22N2O8/c1-4-29-14(24)10-13-15(19(26)30-5-2)21(20(27)31-13)11-8-6-7-9-12(11)23-17(22)16(21)18(25)28-3/h6-9,23H,4-5,10,22H2,1-3H3/t21-/m1/s1. The number of rotatable bonds is 6. The number of para-hydroxylation sites is 1. The van der Waals surface area contributed by atoms with Crippen LogP contribution in [0, 0.1) is 0 Å². The molecule has 2 aliphatic heterocycles. The van der Waals surface area contributed by atoms with Crippen molar-refractivity contribution in [2.24, 2.45) is 5.73 Å². The van der Waals surface area contributed by atoms with Gasteiger partial charge in [-0.1, -0.05) is 18.2 Å². The van der Waals surface area contributed by atoms with Gasteiger partial charge in [0.05, 0.1) is 20.3 Å². The molecule has 3 N–H and O–H groups in total. The van der Waals surface area contributed by atoms with Crippen molar-refractivity contribution in [1.29, 1.82) is 0 Å². The maximum atomic E-state index is 13.4. The van der Waals surface area contributed by atoms with E-state index in [1.165, 1.54) is 0 Å². The largest absolute Gasteiger partial charge is 0.466 e. The van der Waals surface area contributed by atoms with Crippen LogP contribution in [0.2, 0.25) is 0 Å². The number of ether oxygens (including phenoxy) is 4. The molecule has 0 saturated carbocycles. The molecule has 0 aromatic heterocycles. The number of hydrogen-bond acceptors (Lipinski definition) is 10. The Kier molecular flexibility index (Phi) is 6.00. The van der Waals surface area contributed by atoms with E-state index < -0.39 is 35.7 Å². The number of nitrogens with two attached hydrogens (primary N) is 1. The molecule has 0 unspecified atom stereocenters. The number of anilines is 1. The highest BCUT2D eigenvalue weighted by Gasteiger charge is 2.63. The fourth-order valence-electron chi connectivity index (χ4n) is 3.79. The summed E-state index contributed by atoms with van der Waals surface area (Å²) in [5.41, 5.74) is 4.00. The Morgan fingerprint density at radius 1 is 1.06 bits per heavy atom. The molecule has 2 heterocycles. The third kappa shape index (κ3) is 3.39. The highest BCUT2D eigenvalue weighted by atomic mass is 16.6. The number of carbonyl (C=O) groups excluding carboxylic acids is 4. The molecule has 3 rings (SSSR count). The third-order valence-electron chi connectivity index (χ3n) is 4.90. The average Bonchev–Trinajstić information content (AvgIpc) is 3.00. The number of fused-ring (bicyclic) bond motifs is 2. The fourth-order valence-corrected chi connectivity index (χ4v) is 3.79. The van der Waals surface area contributed by atoms with Crippen LogP contribution in [-0.2, 0) is 43.5 Å². The molecule has 1 aromatic rings. The van der Waals surface area contributed by atoms with Crippen molar-refractivity contribution in [2.45, 2.75) is 25.7 Å². The number of benzene rings is 1. The predicted molar refractivity (Wildman–Crippen MR) is 106 cm³/mol. The molecule has 10 heteroatoms. The summed E-state index contributed by atoms with van der Waals surface area (Å²) in [6.07, 6.45) is -0.514. The molecule has 1 atom stereocenters.